The van der Waals surface area contributed by atoms with Gasteiger partial charge in [0.1, 0.15) is 0 Å². The van der Waals surface area contributed by atoms with Gasteiger partial charge < -0.3 is 4.90 Å². The van der Waals surface area contributed by atoms with Crippen LogP contribution in [-0.4, -0.2) is 67.2 Å². The van der Waals surface area contributed by atoms with Crippen molar-refractivity contribution in [3.8, 4) is 0 Å². The van der Waals surface area contributed by atoms with Crippen molar-refractivity contribution in [2.24, 2.45) is 0 Å². The van der Waals surface area contributed by atoms with Crippen LogP contribution in [-0.2, 0) is 21.4 Å². The summed E-state index contributed by atoms with van der Waals surface area (Å²) >= 11 is 5.97. The molecule has 1 amide bonds. The summed E-state index contributed by atoms with van der Waals surface area (Å²) in [5.74, 6) is -0.113. The van der Waals surface area contributed by atoms with Crippen LogP contribution in [0.15, 0.2) is 59.5 Å². The van der Waals surface area contributed by atoms with Crippen molar-refractivity contribution in [1.82, 2.24) is 14.1 Å². The normalized spacial score (nSPS) is 18.5. The number of nitrogens with zero attached hydrogens (tertiary/aromatic N) is 3. The highest BCUT2D eigenvalue weighted by Gasteiger charge is 2.35. The second-order valence-electron chi connectivity index (χ2n) is 8.94. The fourth-order valence-corrected chi connectivity index (χ4v) is 6.51. The second kappa shape index (κ2) is 11.0. The molecule has 1 saturated carbocycles. The van der Waals surface area contributed by atoms with E-state index in [0.717, 1.165) is 51.7 Å². The Morgan fingerprint density at radius 3 is 2.18 bits per heavy atom. The summed E-state index contributed by atoms with van der Waals surface area (Å²) in [5.41, 5.74) is 1.26. The smallest absolute Gasteiger partial charge is 0.243 e. The van der Waals surface area contributed by atoms with E-state index < -0.39 is 10.0 Å². The van der Waals surface area contributed by atoms with Crippen molar-refractivity contribution in [1.29, 1.82) is 0 Å². The molecule has 4 rings (SSSR count). The summed E-state index contributed by atoms with van der Waals surface area (Å²) in [6.45, 7) is 3.56. The summed E-state index contributed by atoms with van der Waals surface area (Å²) in [7, 11) is -3.79. The van der Waals surface area contributed by atoms with Crippen LogP contribution >= 0.6 is 11.6 Å². The lowest BCUT2D eigenvalue weighted by molar-refractivity contribution is -0.133. The number of rotatable bonds is 7. The predicted octanol–water partition coefficient (Wildman–Crippen LogP) is 4.01. The topological polar surface area (TPSA) is 60.9 Å². The van der Waals surface area contributed by atoms with Gasteiger partial charge in [0.2, 0.25) is 15.9 Å². The Kier molecular flexibility index (Phi) is 8.07. The molecule has 0 N–H and O–H groups in total. The summed E-state index contributed by atoms with van der Waals surface area (Å²) in [6, 6.07) is 16.4. The van der Waals surface area contributed by atoms with E-state index in [0.29, 0.717) is 18.1 Å². The van der Waals surface area contributed by atoms with Crippen molar-refractivity contribution in [2.75, 3.05) is 32.7 Å². The number of hydrogen-bond donors (Lipinski definition) is 0. The molecule has 0 spiro atoms. The Bertz CT molecular complexity index is 1020. The molecule has 0 radical (unpaired) electrons. The lowest BCUT2D eigenvalue weighted by Gasteiger charge is -2.37. The lowest BCUT2D eigenvalue weighted by atomic mass is 9.95. The summed E-state index contributed by atoms with van der Waals surface area (Å²) in [5, 5.41) is 0.489. The fraction of sp³-hybridized carbons (Fsp3) is 0.480. The Labute approximate surface area is 202 Å². The Hall–Kier alpha value is -1.93. The van der Waals surface area contributed by atoms with E-state index in [-0.39, 0.29) is 23.4 Å². The number of benzene rings is 2. The largest absolute Gasteiger partial charge is 0.339 e. The molecule has 1 heterocycles. The molecule has 0 aromatic heterocycles. The molecule has 178 valence electrons. The second-order valence-corrected chi connectivity index (χ2v) is 11.3. The Morgan fingerprint density at radius 1 is 0.909 bits per heavy atom. The van der Waals surface area contributed by atoms with E-state index >= 15 is 0 Å². The molecule has 33 heavy (non-hydrogen) atoms. The van der Waals surface area contributed by atoms with Gasteiger partial charge in [-0.1, -0.05) is 61.2 Å². The molecule has 0 atom stereocenters. The minimum absolute atomic E-state index is 0.103. The molecule has 2 fully saturated rings. The van der Waals surface area contributed by atoms with E-state index in [1.165, 1.54) is 22.0 Å². The zero-order chi connectivity index (χ0) is 23.3. The maximum Gasteiger partial charge on any atom is 0.243 e. The molecule has 2 aromatic carbocycles. The molecule has 1 aliphatic carbocycles. The first-order valence-corrected chi connectivity index (χ1v) is 13.6. The summed E-state index contributed by atoms with van der Waals surface area (Å²) in [4.78, 5) is 17.6. The number of carbonyl (C=O) groups is 1. The first-order valence-electron chi connectivity index (χ1n) is 11.7. The molecule has 0 bridgehead atoms. The fourth-order valence-electron chi connectivity index (χ4n) is 4.75. The van der Waals surface area contributed by atoms with Crippen molar-refractivity contribution in [3.05, 3.63) is 65.2 Å². The van der Waals surface area contributed by atoms with Gasteiger partial charge in [-0.2, -0.15) is 4.31 Å². The van der Waals surface area contributed by atoms with Crippen LogP contribution in [0.4, 0.5) is 0 Å². The third-order valence-corrected chi connectivity index (χ3v) is 8.83. The number of halogens is 1. The summed E-state index contributed by atoms with van der Waals surface area (Å²) in [6.07, 6.45) is 4.69. The zero-order valence-electron chi connectivity index (χ0n) is 18.9. The molecule has 6 nitrogen and oxygen atoms in total. The van der Waals surface area contributed by atoms with Crippen molar-refractivity contribution in [3.63, 3.8) is 0 Å². The highest BCUT2D eigenvalue weighted by Crippen LogP contribution is 2.28. The van der Waals surface area contributed by atoms with Crippen molar-refractivity contribution < 1.29 is 13.2 Å². The maximum absolute atomic E-state index is 13.5. The van der Waals surface area contributed by atoms with Gasteiger partial charge in [-0.15, -0.1) is 0 Å². The first-order chi connectivity index (χ1) is 15.9. The van der Waals surface area contributed by atoms with E-state index in [4.69, 9.17) is 11.6 Å². The van der Waals surface area contributed by atoms with Gasteiger partial charge >= 0.3 is 0 Å². The average molecular weight is 490 g/mol. The third kappa shape index (κ3) is 6.15. The summed E-state index contributed by atoms with van der Waals surface area (Å²) < 4.78 is 28.5. The first kappa shape index (κ1) is 24.2. The minimum atomic E-state index is -3.79. The molecule has 0 unspecified atom stereocenters. The van der Waals surface area contributed by atoms with E-state index in [1.807, 2.05) is 23.1 Å². The molecule has 2 aliphatic rings. The lowest BCUT2D eigenvalue weighted by Crippen LogP contribution is -2.53. The van der Waals surface area contributed by atoms with Crippen LogP contribution in [0.5, 0.6) is 0 Å². The van der Waals surface area contributed by atoms with Crippen LogP contribution in [0.1, 0.15) is 37.7 Å². The van der Waals surface area contributed by atoms with E-state index in [2.05, 4.69) is 17.0 Å². The standard InChI is InChI=1S/C25H32ClN3O3S/c26-22-11-13-24(14-12-22)33(31,32)29(23-9-5-2-6-10-23)20-25(30)28-17-15-27(16-18-28)19-21-7-3-1-4-8-21/h1,3-4,7-8,11-14,23H,2,5-6,9-10,15-20H2. The maximum atomic E-state index is 13.5. The van der Waals surface area contributed by atoms with Gasteiger partial charge in [0, 0.05) is 43.8 Å². The van der Waals surface area contributed by atoms with Crippen LogP contribution in [0, 0.1) is 0 Å². The highest BCUT2D eigenvalue weighted by atomic mass is 35.5. The quantitative estimate of drug-likeness (QED) is 0.589. The Morgan fingerprint density at radius 2 is 1.55 bits per heavy atom. The SMILES string of the molecule is O=C(CN(C1CCCCC1)S(=O)(=O)c1ccc(Cl)cc1)N1CCN(Cc2ccccc2)CC1. The van der Waals surface area contributed by atoms with Crippen LogP contribution in [0.3, 0.4) is 0 Å². The van der Waals surface area contributed by atoms with Gasteiger partial charge in [0.25, 0.3) is 0 Å². The number of carbonyl (C=O) groups excluding carboxylic acids is 1. The number of piperazine rings is 1. The number of sulfonamides is 1. The van der Waals surface area contributed by atoms with Crippen LogP contribution < -0.4 is 0 Å². The van der Waals surface area contributed by atoms with Gasteiger partial charge in [-0.3, -0.25) is 9.69 Å². The highest BCUT2D eigenvalue weighted by molar-refractivity contribution is 7.89. The van der Waals surface area contributed by atoms with E-state index in [9.17, 15) is 13.2 Å². The van der Waals surface area contributed by atoms with Gasteiger partial charge in [0.15, 0.2) is 0 Å². The van der Waals surface area contributed by atoms with Crippen LogP contribution in [0.2, 0.25) is 5.02 Å². The molecule has 2 aromatic rings. The average Bonchev–Trinajstić information content (AvgIpc) is 2.84. The van der Waals surface area contributed by atoms with Crippen molar-refractivity contribution >= 4 is 27.5 Å². The monoisotopic (exact) mass is 489 g/mol. The third-order valence-electron chi connectivity index (χ3n) is 6.67. The molecular weight excluding hydrogens is 458 g/mol. The zero-order valence-corrected chi connectivity index (χ0v) is 20.5. The van der Waals surface area contributed by atoms with E-state index in [1.54, 1.807) is 12.1 Å². The van der Waals surface area contributed by atoms with Gasteiger partial charge in [-0.05, 0) is 42.7 Å². The number of amides is 1. The molecule has 8 heteroatoms. The predicted molar refractivity (Wildman–Crippen MR) is 131 cm³/mol. The number of hydrogen-bond acceptors (Lipinski definition) is 4. The minimum Gasteiger partial charge on any atom is -0.339 e. The molecule has 1 aliphatic heterocycles. The van der Waals surface area contributed by atoms with Crippen molar-refractivity contribution in [2.45, 2.75) is 49.6 Å². The van der Waals surface area contributed by atoms with Gasteiger partial charge in [0.05, 0.1) is 11.4 Å². The van der Waals surface area contributed by atoms with Crippen LogP contribution in [0.25, 0.3) is 0 Å². The molecular formula is C25H32ClN3O3S. The molecule has 1 saturated heterocycles. The van der Waals surface area contributed by atoms with Gasteiger partial charge in [-0.25, -0.2) is 8.42 Å². The Balaban J connectivity index is 1.43.